The molecule has 0 saturated carbocycles. The molecule has 0 radical (unpaired) electrons. The molecule has 0 unspecified atom stereocenters. The third-order valence-electron chi connectivity index (χ3n) is 2.86. The molecule has 0 aliphatic heterocycles. The summed E-state index contributed by atoms with van der Waals surface area (Å²) in [5, 5.41) is 33.8. The van der Waals surface area contributed by atoms with Crippen molar-refractivity contribution in [2.24, 2.45) is 0 Å². The van der Waals surface area contributed by atoms with E-state index in [1.807, 2.05) is 0 Å². The quantitative estimate of drug-likeness (QED) is 0.213. The number of rotatable bonds is 2. The van der Waals surface area contributed by atoms with E-state index < -0.39 is 22.3 Å². The highest BCUT2D eigenvalue weighted by molar-refractivity contribution is 7.79. The van der Waals surface area contributed by atoms with Crippen molar-refractivity contribution in [1.29, 1.82) is 0 Å². The second-order valence-corrected chi connectivity index (χ2v) is 5.77. The number of hydrogen-bond donors (Lipinski definition) is 6. The summed E-state index contributed by atoms with van der Waals surface area (Å²) in [5.41, 5.74) is 0.375. The molecule has 6 N–H and O–H groups in total. The topological polar surface area (TPSA) is 208 Å². The number of methoxy groups -OCH3 is 1. The molecule has 2 aromatic carbocycles. The van der Waals surface area contributed by atoms with Crippen LogP contribution in [0.4, 0.5) is 11.4 Å². The van der Waals surface area contributed by atoms with Crippen molar-refractivity contribution < 1.29 is 52.3 Å². The van der Waals surface area contributed by atoms with Gasteiger partial charge in [0.25, 0.3) is 0 Å². The van der Waals surface area contributed by atoms with Crippen molar-refractivity contribution in [1.82, 2.24) is 0 Å². The second kappa shape index (κ2) is 14.7. The molecule has 0 amide bonds. The van der Waals surface area contributed by atoms with Gasteiger partial charge in [0.1, 0.15) is 11.5 Å². The fraction of sp³-hybridized carbons (Fsp3) is 0.111. The monoisotopic (exact) mass is 470 g/mol. The first-order chi connectivity index (χ1) is 14.8. The Balaban J connectivity index is 0. The van der Waals surface area contributed by atoms with Crippen molar-refractivity contribution >= 4 is 33.7 Å². The number of carbonyl (C=O) groups is 2. The minimum Gasteiger partial charge on any atom is -0.519 e. The maximum absolute atomic E-state index is 11.0. The maximum Gasteiger partial charge on any atom is 0.394 e. The van der Waals surface area contributed by atoms with E-state index in [0.717, 1.165) is 13.2 Å². The number of carboxylic acid groups (broad SMARTS) is 1. The molecular weight excluding hydrogens is 452 g/mol. The highest BCUT2D eigenvalue weighted by Gasteiger charge is 2.08. The predicted molar refractivity (Wildman–Crippen MR) is 109 cm³/mol. The van der Waals surface area contributed by atoms with E-state index in [-0.39, 0.29) is 34.0 Å². The van der Waals surface area contributed by atoms with E-state index in [0.29, 0.717) is 0 Å². The molecule has 0 aliphatic rings. The average molecular weight is 470 g/mol. The third-order valence-corrected chi connectivity index (χ3v) is 2.86. The van der Waals surface area contributed by atoms with Gasteiger partial charge in [-0.2, -0.15) is 8.42 Å². The number of phenolic OH excluding ortho intramolecular Hbond substituents is 2. The molecule has 0 saturated heterocycles. The molecule has 0 atom stereocenters. The van der Waals surface area contributed by atoms with Crippen LogP contribution in [-0.4, -0.2) is 64.1 Å². The highest BCUT2D eigenvalue weighted by Crippen LogP contribution is 2.27. The number of aromatic carboxylic acids is 1. The largest absolute Gasteiger partial charge is 0.519 e. The normalized spacial score (nSPS) is 8.97. The Bertz CT molecular complexity index is 1110. The van der Waals surface area contributed by atoms with E-state index in [2.05, 4.69) is 14.4 Å². The standard InChI is InChI=1S/C9H7NO3.C8H5NO3.CH4O.H2O4S/c1-10-7-4-3-6(5-8(7)11)9(12)13-2;1-9-6-3-2-5(8(11)12)4-7(6)10;1-2;1-5(2,3)4/h3-5,11H,2H3;2-4,10H,(H,11,12);2H,1H3;(H2,1,2,3,4). The van der Waals surface area contributed by atoms with Crippen molar-refractivity contribution in [2.45, 2.75) is 0 Å². The first kappa shape index (κ1) is 30.0. The number of carboxylic acids is 1. The molecule has 0 heterocycles. The van der Waals surface area contributed by atoms with Crippen LogP contribution in [0.5, 0.6) is 11.5 Å². The Morgan fingerprint density at radius 3 is 1.50 bits per heavy atom. The van der Waals surface area contributed by atoms with Crippen LogP contribution in [-0.2, 0) is 15.1 Å². The summed E-state index contributed by atoms with van der Waals surface area (Å²) in [4.78, 5) is 27.3. The van der Waals surface area contributed by atoms with Crippen molar-refractivity contribution in [3.05, 3.63) is 70.4 Å². The summed E-state index contributed by atoms with van der Waals surface area (Å²) in [6, 6.07) is 7.60. The van der Waals surface area contributed by atoms with Gasteiger partial charge >= 0.3 is 22.3 Å². The van der Waals surface area contributed by atoms with Gasteiger partial charge in [-0.05, 0) is 12.1 Å². The molecule has 0 aromatic heterocycles. The molecule has 32 heavy (non-hydrogen) atoms. The zero-order valence-electron chi connectivity index (χ0n) is 16.5. The van der Waals surface area contributed by atoms with Gasteiger partial charge in [-0.25, -0.2) is 19.3 Å². The Morgan fingerprint density at radius 1 is 0.875 bits per heavy atom. The fourth-order valence-corrected chi connectivity index (χ4v) is 1.61. The molecule has 0 spiro atoms. The Hall–Kier alpha value is -4.21. The van der Waals surface area contributed by atoms with Crippen molar-refractivity contribution in [2.75, 3.05) is 14.2 Å². The van der Waals surface area contributed by atoms with Gasteiger partial charge in [0, 0.05) is 7.11 Å². The van der Waals surface area contributed by atoms with Gasteiger partial charge in [0.05, 0.1) is 31.4 Å². The Labute approximate surface area is 182 Å². The van der Waals surface area contributed by atoms with Gasteiger partial charge < -0.3 is 25.2 Å². The minimum absolute atomic E-state index is 0.0279. The number of hydrogen-bond acceptors (Lipinski definition) is 8. The lowest BCUT2D eigenvalue weighted by atomic mass is 10.2. The zero-order chi connectivity index (χ0) is 25.5. The van der Waals surface area contributed by atoms with E-state index in [1.165, 1.54) is 37.4 Å². The second-order valence-electron chi connectivity index (χ2n) is 4.88. The van der Waals surface area contributed by atoms with Gasteiger partial charge in [-0.1, -0.05) is 24.3 Å². The number of nitrogens with zero attached hydrogens (tertiary/aromatic N) is 2. The van der Waals surface area contributed by atoms with E-state index in [4.69, 9.17) is 46.0 Å². The van der Waals surface area contributed by atoms with E-state index in [1.54, 1.807) is 0 Å². The number of aromatic hydroxyl groups is 2. The Morgan fingerprint density at radius 2 is 1.22 bits per heavy atom. The van der Waals surface area contributed by atoms with Crippen LogP contribution in [0.2, 0.25) is 0 Å². The first-order valence-electron chi connectivity index (χ1n) is 7.71. The van der Waals surface area contributed by atoms with E-state index >= 15 is 0 Å². The lowest BCUT2D eigenvalue weighted by Crippen LogP contribution is -1.99. The van der Waals surface area contributed by atoms with Crippen LogP contribution in [0, 0.1) is 13.1 Å². The van der Waals surface area contributed by atoms with Crippen LogP contribution < -0.4 is 0 Å². The molecule has 2 rings (SSSR count). The number of benzene rings is 2. The molecule has 2 aromatic rings. The lowest BCUT2D eigenvalue weighted by molar-refractivity contribution is 0.0599. The number of phenols is 2. The summed E-state index contributed by atoms with van der Waals surface area (Å²) in [5.74, 6) is -2.17. The Kier molecular flexibility index (Phi) is 13.8. The van der Waals surface area contributed by atoms with Crippen LogP contribution in [0.25, 0.3) is 9.69 Å². The fourth-order valence-electron chi connectivity index (χ4n) is 1.61. The minimum atomic E-state index is -4.67. The molecule has 0 aliphatic carbocycles. The molecular formula is C18H18N2O11S. The van der Waals surface area contributed by atoms with Gasteiger partial charge in [0.15, 0.2) is 0 Å². The predicted octanol–water partition coefficient (Wildman–Crippen LogP) is 2.33. The van der Waals surface area contributed by atoms with Crippen LogP contribution in [0.1, 0.15) is 20.7 Å². The number of ether oxygens (including phenoxy) is 1. The molecule has 0 bridgehead atoms. The molecule has 0 fully saturated rings. The number of carbonyl (C=O) groups excluding carboxylic acids is 1. The van der Waals surface area contributed by atoms with Crippen LogP contribution in [0.3, 0.4) is 0 Å². The molecule has 13 nitrogen and oxygen atoms in total. The van der Waals surface area contributed by atoms with Gasteiger partial charge in [0.2, 0.25) is 11.4 Å². The smallest absolute Gasteiger partial charge is 0.394 e. The maximum atomic E-state index is 11.0. The van der Waals surface area contributed by atoms with Crippen LogP contribution in [0.15, 0.2) is 36.4 Å². The number of esters is 1. The summed E-state index contributed by atoms with van der Waals surface area (Å²) < 4.78 is 36.0. The third kappa shape index (κ3) is 12.4. The van der Waals surface area contributed by atoms with Crippen LogP contribution >= 0.6 is 0 Å². The van der Waals surface area contributed by atoms with Gasteiger partial charge in [-0.3, -0.25) is 9.11 Å². The summed E-state index contributed by atoms with van der Waals surface area (Å²) >= 11 is 0. The molecule has 14 heteroatoms. The van der Waals surface area contributed by atoms with Gasteiger partial charge in [-0.15, -0.1) is 0 Å². The number of aliphatic hydroxyl groups is 1. The van der Waals surface area contributed by atoms with Crippen molar-refractivity contribution in [3.8, 4) is 11.5 Å². The lowest BCUT2D eigenvalue weighted by Gasteiger charge is -2.00. The average Bonchev–Trinajstić information content (AvgIpc) is 2.73. The van der Waals surface area contributed by atoms with Crippen molar-refractivity contribution in [3.63, 3.8) is 0 Å². The van der Waals surface area contributed by atoms with E-state index in [9.17, 15) is 14.7 Å². The summed E-state index contributed by atoms with van der Waals surface area (Å²) in [7, 11) is -2.41. The number of aliphatic hydroxyl groups excluding tert-OH is 1. The first-order valence-corrected chi connectivity index (χ1v) is 9.10. The summed E-state index contributed by atoms with van der Waals surface area (Å²) in [6.07, 6.45) is 0. The highest BCUT2D eigenvalue weighted by atomic mass is 32.3. The molecule has 172 valence electrons. The SMILES string of the molecule is CO.O=S(=O)(O)O.[C-]#[N+]c1ccc(C(=O)O)cc1O.[C-]#[N+]c1ccc(C(=O)OC)cc1O. The zero-order valence-corrected chi connectivity index (χ0v) is 17.3. The summed E-state index contributed by atoms with van der Waals surface area (Å²) in [6.45, 7) is 13.2.